The SMILES string of the molecule is Cc1ccc2c(-c3[c-]c(-c4cn(-c5c(C(C)C)cccc5C(C)C)c(-c5ccccc5O)n4)ccc3)nccc2c1.[Pt]. The maximum absolute atomic E-state index is 10.9. The number of aromatic nitrogens is 3. The Balaban J connectivity index is 0.00000353. The Hall–Kier alpha value is -4.01. The van der Waals surface area contributed by atoms with E-state index in [1.165, 1.54) is 16.7 Å². The van der Waals surface area contributed by atoms with E-state index in [4.69, 9.17) is 9.97 Å². The van der Waals surface area contributed by atoms with Crippen LogP contribution in [0.2, 0.25) is 0 Å². The summed E-state index contributed by atoms with van der Waals surface area (Å²) in [6.45, 7) is 11.0. The summed E-state index contributed by atoms with van der Waals surface area (Å²) < 4.78 is 2.16. The van der Waals surface area contributed by atoms with Gasteiger partial charge in [-0.1, -0.05) is 92.9 Å². The van der Waals surface area contributed by atoms with E-state index in [1.807, 2.05) is 36.5 Å². The van der Waals surface area contributed by atoms with Gasteiger partial charge < -0.3 is 9.67 Å². The molecule has 0 atom stereocenters. The quantitative estimate of drug-likeness (QED) is 0.174. The molecule has 2 aromatic heterocycles. The summed E-state index contributed by atoms with van der Waals surface area (Å²) in [5, 5.41) is 13.2. The van der Waals surface area contributed by atoms with E-state index in [1.54, 1.807) is 6.07 Å². The third kappa shape index (κ3) is 5.44. The standard InChI is InChI=1S/C37H34N3O.Pt/c1-23(2)29-13-9-14-30(24(3)4)36(29)40-22-33(39-37(40)32-12-6-7-15-34(32)41)27-10-8-11-28(21-27)35-31-17-16-25(5)20-26(31)18-19-38-35;/h6-20,22-24,41H,1-5H3;/q-1;. The second-order valence-corrected chi connectivity index (χ2v) is 11.3. The number of hydrogen-bond acceptors (Lipinski definition) is 3. The zero-order valence-corrected chi connectivity index (χ0v) is 26.8. The van der Waals surface area contributed by atoms with Gasteiger partial charge in [-0.3, -0.25) is 9.97 Å². The number of phenolic OH excluding ortho intramolecular Hbond substituents is 1. The molecule has 214 valence electrons. The van der Waals surface area contributed by atoms with Crippen molar-refractivity contribution in [3.8, 4) is 45.3 Å². The van der Waals surface area contributed by atoms with Crippen molar-refractivity contribution < 1.29 is 26.2 Å². The topological polar surface area (TPSA) is 50.9 Å². The van der Waals surface area contributed by atoms with E-state index < -0.39 is 0 Å². The van der Waals surface area contributed by atoms with Crippen LogP contribution in [-0.2, 0) is 21.1 Å². The fourth-order valence-electron chi connectivity index (χ4n) is 5.59. The Labute approximate surface area is 262 Å². The average molecular weight is 732 g/mol. The Kier molecular flexibility index (Phi) is 8.48. The summed E-state index contributed by atoms with van der Waals surface area (Å²) in [7, 11) is 0. The number of rotatable bonds is 6. The molecule has 2 heterocycles. The number of phenols is 1. The zero-order valence-electron chi connectivity index (χ0n) is 24.5. The molecule has 6 rings (SSSR count). The largest absolute Gasteiger partial charge is 0.507 e. The Morgan fingerprint density at radius 1 is 0.786 bits per heavy atom. The number of para-hydroxylation sites is 2. The van der Waals surface area contributed by atoms with Crippen LogP contribution in [0.1, 0.15) is 56.2 Å². The number of hydrogen-bond donors (Lipinski definition) is 1. The van der Waals surface area contributed by atoms with Gasteiger partial charge in [-0.2, -0.15) is 0 Å². The Morgan fingerprint density at radius 3 is 2.19 bits per heavy atom. The normalized spacial score (nSPS) is 11.3. The van der Waals surface area contributed by atoms with Crippen molar-refractivity contribution in [2.24, 2.45) is 0 Å². The van der Waals surface area contributed by atoms with Crippen molar-refractivity contribution in [2.45, 2.75) is 46.5 Å². The Morgan fingerprint density at radius 2 is 1.48 bits per heavy atom. The molecule has 0 unspecified atom stereocenters. The minimum Gasteiger partial charge on any atom is -0.507 e. The summed E-state index contributed by atoms with van der Waals surface area (Å²) in [6.07, 6.45) is 3.95. The van der Waals surface area contributed by atoms with Crippen LogP contribution in [-0.4, -0.2) is 19.6 Å². The molecule has 0 fully saturated rings. The second-order valence-electron chi connectivity index (χ2n) is 11.3. The van der Waals surface area contributed by atoms with Gasteiger partial charge in [-0.15, -0.1) is 24.3 Å². The van der Waals surface area contributed by atoms with Gasteiger partial charge >= 0.3 is 0 Å². The van der Waals surface area contributed by atoms with E-state index in [-0.39, 0.29) is 26.8 Å². The first-order chi connectivity index (χ1) is 19.8. The molecule has 5 heteroatoms. The molecule has 0 radical (unpaired) electrons. The van der Waals surface area contributed by atoms with Crippen LogP contribution < -0.4 is 0 Å². The molecule has 42 heavy (non-hydrogen) atoms. The van der Waals surface area contributed by atoms with Gasteiger partial charge in [0.2, 0.25) is 0 Å². The molecule has 4 nitrogen and oxygen atoms in total. The number of aryl methyl sites for hydroxylation is 1. The predicted octanol–water partition coefficient (Wildman–Crippen LogP) is 9.48. The van der Waals surface area contributed by atoms with Crippen LogP contribution in [0, 0.1) is 13.0 Å². The van der Waals surface area contributed by atoms with E-state index in [0.717, 1.165) is 39.0 Å². The Bertz CT molecular complexity index is 1860. The summed E-state index contributed by atoms with van der Waals surface area (Å²) in [5.74, 6) is 1.52. The number of aromatic hydroxyl groups is 1. The molecular formula is C37H34N3OPt-. The molecule has 0 bridgehead atoms. The van der Waals surface area contributed by atoms with Gasteiger partial charge in [0.1, 0.15) is 11.6 Å². The number of benzene rings is 4. The first-order valence-corrected chi connectivity index (χ1v) is 14.2. The monoisotopic (exact) mass is 731 g/mol. The van der Waals surface area contributed by atoms with Gasteiger partial charge in [-0.25, -0.2) is 0 Å². The molecule has 4 aromatic carbocycles. The van der Waals surface area contributed by atoms with Crippen molar-refractivity contribution in [3.63, 3.8) is 0 Å². The maximum atomic E-state index is 10.9. The fourth-order valence-corrected chi connectivity index (χ4v) is 5.59. The van der Waals surface area contributed by atoms with Crippen molar-refractivity contribution in [1.82, 2.24) is 14.5 Å². The van der Waals surface area contributed by atoms with Crippen LogP contribution in [0.25, 0.3) is 50.4 Å². The minimum atomic E-state index is 0. The molecule has 0 amide bonds. The molecular weight excluding hydrogens is 698 g/mol. The summed E-state index contributed by atoms with van der Waals surface area (Å²) in [4.78, 5) is 9.89. The molecule has 1 N–H and O–H groups in total. The van der Waals surface area contributed by atoms with E-state index in [0.29, 0.717) is 23.2 Å². The van der Waals surface area contributed by atoms with Crippen LogP contribution >= 0.6 is 0 Å². The van der Waals surface area contributed by atoms with Crippen LogP contribution in [0.4, 0.5) is 0 Å². The van der Waals surface area contributed by atoms with Gasteiger partial charge in [0.25, 0.3) is 0 Å². The van der Waals surface area contributed by atoms with Gasteiger partial charge in [0.15, 0.2) is 0 Å². The van der Waals surface area contributed by atoms with E-state index in [2.05, 4.69) is 100.0 Å². The first-order valence-electron chi connectivity index (χ1n) is 14.2. The van der Waals surface area contributed by atoms with Crippen molar-refractivity contribution >= 4 is 10.8 Å². The summed E-state index contributed by atoms with van der Waals surface area (Å²) in [6, 6.07) is 32.2. The average Bonchev–Trinajstić information content (AvgIpc) is 3.41. The molecule has 0 spiro atoms. The van der Waals surface area contributed by atoms with E-state index >= 15 is 0 Å². The van der Waals surface area contributed by atoms with Crippen LogP contribution in [0.15, 0.2) is 97.3 Å². The number of pyridine rings is 1. The van der Waals surface area contributed by atoms with Crippen molar-refractivity contribution in [2.75, 3.05) is 0 Å². The third-order valence-corrected chi connectivity index (χ3v) is 7.68. The predicted molar refractivity (Wildman–Crippen MR) is 169 cm³/mol. The zero-order chi connectivity index (χ0) is 28.7. The van der Waals surface area contributed by atoms with Gasteiger partial charge in [-0.05, 0) is 58.9 Å². The first kappa shape index (κ1) is 29.5. The molecule has 0 saturated heterocycles. The molecule has 0 aliphatic rings. The van der Waals surface area contributed by atoms with Crippen molar-refractivity contribution in [3.05, 3.63) is 120 Å². The second kappa shape index (κ2) is 12.1. The molecule has 0 aliphatic heterocycles. The maximum Gasteiger partial charge on any atom is 0.140 e. The number of fused-ring (bicyclic) bond motifs is 1. The van der Waals surface area contributed by atoms with Crippen LogP contribution in [0.5, 0.6) is 5.75 Å². The summed E-state index contributed by atoms with van der Waals surface area (Å²) >= 11 is 0. The number of imidazole rings is 1. The van der Waals surface area contributed by atoms with Crippen molar-refractivity contribution in [1.29, 1.82) is 0 Å². The third-order valence-electron chi connectivity index (χ3n) is 7.68. The van der Waals surface area contributed by atoms with E-state index in [9.17, 15) is 5.11 Å². The molecule has 6 aromatic rings. The smallest absolute Gasteiger partial charge is 0.140 e. The van der Waals surface area contributed by atoms with Gasteiger partial charge in [0, 0.05) is 44.8 Å². The minimum absolute atomic E-state index is 0. The molecule has 0 aliphatic carbocycles. The fraction of sp³-hybridized carbons (Fsp3) is 0.189. The van der Waals surface area contributed by atoms with Crippen LogP contribution in [0.3, 0.4) is 0 Å². The molecule has 0 saturated carbocycles. The van der Waals surface area contributed by atoms with Gasteiger partial charge in [0.05, 0.1) is 11.3 Å². The summed E-state index contributed by atoms with van der Waals surface area (Å²) in [5.41, 5.74) is 8.99. The number of nitrogens with zero attached hydrogens (tertiary/aromatic N) is 3.